The van der Waals surface area contributed by atoms with Crippen molar-refractivity contribution < 1.29 is 8.42 Å². The molecule has 0 aromatic rings. The van der Waals surface area contributed by atoms with Gasteiger partial charge in [-0.15, -0.1) is 0 Å². The third kappa shape index (κ3) is 2.21. The Morgan fingerprint density at radius 2 is 2.09 bits per heavy atom. The molecule has 0 amide bonds. The maximum Gasteiger partial charge on any atom is 0.222 e. The van der Waals surface area contributed by atoms with Gasteiger partial charge in [0, 0.05) is 24.6 Å². The van der Waals surface area contributed by atoms with Crippen molar-refractivity contribution in [2.24, 2.45) is 4.99 Å². The first-order valence-electron chi connectivity index (χ1n) is 8.09. The first-order valence-corrected chi connectivity index (χ1v) is 9.99. The second-order valence-corrected chi connectivity index (χ2v) is 8.82. The molecule has 1 aliphatic carbocycles. The molecular formula is C16H22N4O2S. The fraction of sp³-hybridized carbons (Fsp3) is 0.562. The standard InChI is InChI=1S/C16H22N4O2S/c1-11-13-8-12-9-17-15(23(2,21)22)19-14(12)20(13)16(10-18-11)6-4-3-5-7-16/h8-9,14,18H,1,3-7,10H2,2H3,(H,17,19). The Morgan fingerprint density at radius 3 is 2.78 bits per heavy atom. The van der Waals surface area contributed by atoms with Crippen LogP contribution in [0.15, 0.2) is 40.8 Å². The van der Waals surface area contributed by atoms with Crippen LogP contribution in [0, 0.1) is 0 Å². The van der Waals surface area contributed by atoms with Crippen molar-refractivity contribution >= 4 is 15.0 Å². The summed E-state index contributed by atoms with van der Waals surface area (Å²) in [5.41, 5.74) is 2.96. The Hall–Kier alpha value is -1.76. The van der Waals surface area contributed by atoms with Gasteiger partial charge < -0.3 is 15.5 Å². The lowest BCUT2D eigenvalue weighted by Crippen LogP contribution is -2.61. The minimum atomic E-state index is -3.35. The molecule has 2 fully saturated rings. The van der Waals surface area contributed by atoms with Crippen molar-refractivity contribution in [1.82, 2.24) is 15.5 Å². The lowest BCUT2D eigenvalue weighted by Gasteiger charge is -2.52. The molecule has 1 unspecified atom stereocenters. The van der Waals surface area contributed by atoms with Crippen LogP contribution in [0.4, 0.5) is 0 Å². The predicted octanol–water partition coefficient (Wildman–Crippen LogP) is 1.22. The minimum absolute atomic E-state index is 0.00891. The van der Waals surface area contributed by atoms with Crippen molar-refractivity contribution in [3.05, 3.63) is 35.8 Å². The van der Waals surface area contributed by atoms with Gasteiger partial charge in [0.25, 0.3) is 0 Å². The van der Waals surface area contributed by atoms with Gasteiger partial charge in [-0.1, -0.05) is 25.8 Å². The maximum absolute atomic E-state index is 11.9. The summed E-state index contributed by atoms with van der Waals surface area (Å²) in [6.07, 6.45) is 10.6. The van der Waals surface area contributed by atoms with Crippen molar-refractivity contribution in [3.8, 4) is 0 Å². The zero-order valence-corrected chi connectivity index (χ0v) is 14.1. The molecule has 7 heteroatoms. The van der Waals surface area contributed by atoms with Gasteiger partial charge in [-0.2, -0.15) is 0 Å². The summed E-state index contributed by atoms with van der Waals surface area (Å²) in [7, 11) is -3.35. The average molecular weight is 334 g/mol. The highest BCUT2D eigenvalue weighted by Crippen LogP contribution is 2.46. The SMILES string of the molecule is C=C1NCC2(CCCCC2)N2C1=CC1=CNC(S(C)(=O)=O)=NC12. The molecule has 4 rings (SSSR count). The average Bonchev–Trinajstić information content (AvgIpc) is 2.92. The number of sulfone groups is 1. The molecule has 2 N–H and O–H groups in total. The molecule has 6 nitrogen and oxygen atoms in total. The summed E-state index contributed by atoms with van der Waals surface area (Å²) in [6, 6.07) is 0. The molecule has 1 saturated heterocycles. The van der Waals surface area contributed by atoms with Crippen LogP contribution in [0.1, 0.15) is 32.1 Å². The third-order valence-electron chi connectivity index (χ3n) is 5.29. The number of hydrogen-bond donors (Lipinski definition) is 2. The van der Waals surface area contributed by atoms with Crippen LogP contribution in [0.5, 0.6) is 0 Å². The molecule has 124 valence electrons. The molecule has 3 heterocycles. The monoisotopic (exact) mass is 334 g/mol. The molecule has 23 heavy (non-hydrogen) atoms. The van der Waals surface area contributed by atoms with Crippen LogP contribution in [-0.4, -0.2) is 43.0 Å². The number of rotatable bonds is 0. The lowest BCUT2D eigenvalue weighted by molar-refractivity contribution is 0.0561. The number of hydrogen-bond acceptors (Lipinski definition) is 6. The van der Waals surface area contributed by atoms with Gasteiger partial charge in [-0.05, 0) is 18.9 Å². The highest BCUT2D eigenvalue weighted by molar-refractivity contribution is 8.05. The molecule has 4 aliphatic rings. The molecule has 1 atom stereocenters. The van der Waals surface area contributed by atoms with Crippen molar-refractivity contribution in [1.29, 1.82) is 0 Å². The molecule has 0 aromatic heterocycles. The molecule has 0 radical (unpaired) electrons. The third-order valence-corrected chi connectivity index (χ3v) is 6.22. The number of aliphatic imine (C=N–C) groups is 1. The normalized spacial score (nSPS) is 28.9. The van der Waals surface area contributed by atoms with E-state index < -0.39 is 9.84 Å². The summed E-state index contributed by atoms with van der Waals surface area (Å²) in [6.45, 7) is 4.98. The summed E-state index contributed by atoms with van der Waals surface area (Å²) >= 11 is 0. The Morgan fingerprint density at radius 1 is 1.35 bits per heavy atom. The quantitative estimate of drug-likeness (QED) is 0.697. The number of piperazine rings is 1. The van der Waals surface area contributed by atoms with E-state index in [9.17, 15) is 8.42 Å². The topological polar surface area (TPSA) is 73.8 Å². The number of nitrogens with zero attached hydrogens (tertiary/aromatic N) is 2. The summed E-state index contributed by atoms with van der Waals surface area (Å²) in [5, 5.41) is 6.32. The first-order chi connectivity index (χ1) is 10.9. The fourth-order valence-electron chi connectivity index (χ4n) is 4.15. The van der Waals surface area contributed by atoms with Gasteiger partial charge in [0.2, 0.25) is 15.0 Å². The van der Waals surface area contributed by atoms with E-state index in [0.29, 0.717) is 0 Å². The second kappa shape index (κ2) is 4.87. The lowest BCUT2D eigenvalue weighted by atomic mass is 9.78. The first kappa shape index (κ1) is 14.8. The zero-order chi connectivity index (χ0) is 16.2. The van der Waals surface area contributed by atoms with E-state index >= 15 is 0 Å². The Balaban J connectivity index is 1.79. The van der Waals surface area contributed by atoms with Crippen LogP contribution in [0.25, 0.3) is 0 Å². The van der Waals surface area contributed by atoms with E-state index in [0.717, 1.165) is 36.4 Å². The Labute approximate surface area is 137 Å². The Bertz CT molecular complexity index is 757. The van der Waals surface area contributed by atoms with Gasteiger partial charge in [0.05, 0.1) is 16.9 Å². The van der Waals surface area contributed by atoms with E-state index in [4.69, 9.17) is 0 Å². The van der Waals surface area contributed by atoms with E-state index in [-0.39, 0.29) is 16.9 Å². The number of nitrogens with one attached hydrogen (secondary N) is 2. The summed E-state index contributed by atoms with van der Waals surface area (Å²) in [5.74, 6) is 0. The van der Waals surface area contributed by atoms with Crippen molar-refractivity contribution in [2.75, 3.05) is 12.8 Å². The summed E-state index contributed by atoms with van der Waals surface area (Å²) < 4.78 is 23.8. The van der Waals surface area contributed by atoms with E-state index in [1.54, 1.807) is 6.20 Å². The predicted molar refractivity (Wildman–Crippen MR) is 90.2 cm³/mol. The van der Waals surface area contributed by atoms with Gasteiger partial charge in [0.15, 0.2) is 6.17 Å². The largest absolute Gasteiger partial charge is 0.381 e. The Kier molecular flexibility index (Phi) is 3.13. The number of amidine groups is 1. The van der Waals surface area contributed by atoms with Crippen molar-refractivity contribution in [3.63, 3.8) is 0 Å². The zero-order valence-electron chi connectivity index (χ0n) is 13.3. The molecule has 1 saturated carbocycles. The van der Waals surface area contributed by atoms with E-state index in [1.807, 2.05) is 0 Å². The minimum Gasteiger partial charge on any atom is -0.381 e. The highest BCUT2D eigenvalue weighted by atomic mass is 32.2. The van der Waals surface area contributed by atoms with E-state index in [2.05, 4.69) is 33.2 Å². The van der Waals surface area contributed by atoms with Gasteiger partial charge in [-0.25, -0.2) is 13.4 Å². The van der Waals surface area contributed by atoms with Crippen LogP contribution in [0.3, 0.4) is 0 Å². The molecule has 0 bridgehead atoms. The van der Waals surface area contributed by atoms with Gasteiger partial charge in [-0.3, -0.25) is 0 Å². The molecule has 0 aromatic carbocycles. The summed E-state index contributed by atoms with van der Waals surface area (Å²) in [4.78, 5) is 6.86. The maximum atomic E-state index is 11.9. The molecular weight excluding hydrogens is 312 g/mol. The van der Waals surface area contributed by atoms with E-state index in [1.165, 1.54) is 25.5 Å². The molecule has 1 spiro atoms. The fourth-order valence-corrected chi connectivity index (χ4v) is 4.71. The molecule has 3 aliphatic heterocycles. The van der Waals surface area contributed by atoms with Gasteiger partial charge >= 0.3 is 0 Å². The van der Waals surface area contributed by atoms with Crippen LogP contribution in [0.2, 0.25) is 0 Å². The van der Waals surface area contributed by atoms with Crippen LogP contribution in [-0.2, 0) is 9.84 Å². The van der Waals surface area contributed by atoms with Crippen LogP contribution < -0.4 is 10.6 Å². The van der Waals surface area contributed by atoms with Crippen molar-refractivity contribution in [2.45, 2.75) is 43.8 Å². The highest BCUT2D eigenvalue weighted by Gasteiger charge is 2.49. The smallest absolute Gasteiger partial charge is 0.222 e. The van der Waals surface area contributed by atoms with Crippen LogP contribution >= 0.6 is 0 Å². The number of fused-ring (bicyclic) bond motifs is 4. The second-order valence-electron chi connectivity index (χ2n) is 6.89. The van der Waals surface area contributed by atoms with Gasteiger partial charge in [0.1, 0.15) is 0 Å².